The highest BCUT2D eigenvalue weighted by atomic mass is 35.5. The second-order valence-corrected chi connectivity index (χ2v) is 11.2. The minimum Gasteiger partial charge on any atom is -0.369 e. The van der Waals surface area contributed by atoms with Crippen molar-refractivity contribution in [3.63, 3.8) is 0 Å². The number of morpholine rings is 1. The second kappa shape index (κ2) is 9.00. The number of rotatable bonds is 5. The number of likely N-dealkylation sites (tertiary alicyclic amines) is 1. The van der Waals surface area contributed by atoms with Crippen LogP contribution in [0.15, 0.2) is 24.5 Å². The van der Waals surface area contributed by atoms with Crippen molar-refractivity contribution < 1.29 is 14.3 Å². The molecule has 0 bridgehead atoms. The van der Waals surface area contributed by atoms with Crippen molar-refractivity contribution in [3.05, 3.63) is 45.6 Å². The lowest BCUT2D eigenvalue weighted by Crippen LogP contribution is -2.51. The van der Waals surface area contributed by atoms with E-state index in [1.54, 1.807) is 6.33 Å². The Balaban J connectivity index is 1.53. The molecule has 1 unspecified atom stereocenters. The van der Waals surface area contributed by atoms with E-state index in [4.69, 9.17) is 16.3 Å². The quantitative estimate of drug-likeness (QED) is 0.528. The monoisotopic (exact) mass is 498 g/mol. The largest absolute Gasteiger partial charge is 0.369 e. The Morgan fingerprint density at radius 3 is 2.71 bits per heavy atom. The Bertz CT molecular complexity index is 1270. The van der Waals surface area contributed by atoms with Gasteiger partial charge >= 0.3 is 0 Å². The molecule has 178 valence electrons. The van der Waals surface area contributed by atoms with Crippen LogP contribution in [-0.2, 0) is 27.3 Å². The molecule has 2 saturated heterocycles. The van der Waals surface area contributed by atoms with E-state index in [9.17, 15) is 9.59 Å². The highest BCUT2D eigenvalue weighted by Gasteiger charge is 2.31. The maximum absolute atomic E-state index is 12.1. The summed E-state index contributed by atoms with van der Waals surface area (Å²) in [6.45, 7) is 8.14. The molecule has 2 fully saturated rings. The zero-order valence-electron chi connectivity index (χ0n) is 19.5. The summed E-state index contributed by atoms with van der Waals surface area (Å²) in [5.74, 6) is -0.240. The topological polar surface area (TPSA) is 84.4 Å². The molecule has 9 heteroatoms. The Morgan fingerprint density at radius 2 is 1.97 bits per heavy atom. The van der Waals surface area contributed by atoms with E-state index in [0.717, 1.165) is 57.0 Å². The van der Waals surface area contributed by atoms with Gasteiger partial charge in [-0.25, -0.2) is 9.97 Å². The number of amides is 2. The van der Waals surface area contributed by atoms with Gasteiger partial charge in [0.2, 0.25) is 11.8 Å². The van der Waals surface area contributed by atoms with Crippen molar-refractivity contribution in [3.8, 4) is 11.3 Å². The number of carbonyl (C=O) groups excluding carboxylic acids is 2. The van der Waals surface area contributed by atoms with Crippen LogP contribution in [0.4, 0.5) is 0 Å². The molecule has 3 aromatic rings. The summed E-state index contributed by atoms with van der Waals surface area (Å²) >= 11 is 8.01. The molecule has 0 radical (unpaired) electrons. The average molecular weight is 499 g/mol. The van der Waals surface area contributed by atoms with Gasteiger partial charge in [0.1, 0.15) is 6.33 Å². The van der Waals surface area contributed by atoms with Gasteiger partial charge in [-0.2, -0.15) is 0 Å². The first-order chi connectivity index (χ1) is 16.2. The SMILES string of the molecule is Cc1cc(Cl)cc(-c2ncnc3cc(CN4C(=O)CCC4=O)sc23)c1CC1CNCC(C)(C)O1. The summed E-state index contributed by atoms with van der Waals surface area (Å²) in [6, 6.07) is 5.88. The summed E-state index contributed by atoms with van der Waals surface area (Å²) in [4.78, 5) is 35.5. The van der Waals surface area contributed by atoms with E-state index in [1.807, 2.05) is 18.2 Å². The first-order valence-corrected chi connectivity index (χ1v) is 12.6. The van der Waals surface area contributed by atoms with Gasteiger partial charge in [0.15, 0.2) is 0 Å². The number of carbonyl (C=O) groups is 2. The van der Waals surface area contributed by atoms with Crippen LogP contribution in [0.3, 0.4) is 0 Å². The predicted octanol–water partition coefficient (Wildman–Crippen LogP) is 4.28. The van der Waals surface area contributed by atoms with Crippen molar-refractivity contribution >= 4 is 45.0 Å². The van der Waals surface area contributed by atoms with Gasteiger partial charge in [0, 0.05) is 47.8 Å². The van der Waals surface area contributed by atoms with Gasteiger partial charge in [0.05, 0.1) is 34.2 Å². The van der Waals surface area contributed by atoms with Gasteiger partial charge in [-0.05, 0) is 50.1 Å². The molecule has 0 spiro atoms. The van der Waals surface area contributed by atoms with E-state index in [1.165, 1.54) is 16.2 Å². The standard InChI is InChI=1S/C25H27ClN4O3S/c1-14-6-15(26)7-19(18(14)8-16-10-27-12-25(2,3)33-16)23-24-20(28-13-29-23)9-17(34-24)11-30-21(31)4-5-22(30)32/h6-7,9,13,16,27H,4-5,8,10-12H2,1-3H3. The second-order valence-electron chi connectivity index (χ2n) is 9.61. The molecule has 0 saturated carbocycles. The molecule has 2 amide bonds. The number of aryl methyl sites for hydroxylation is 1. The average Bonchev–Trinajstić information content (AvgIpc) is 3.32. The third-order valence-electron chi connectivity index (χ3n) is 6.36. The number of hydrogen-bond acceptors (Lipinski definition) is 7. The number of halogens is 1. The summed E-state index contributed by atoms with van der Waals surface area (Å²) in [5.41, 5.74) is 4.58. The van der Waals surface area contributed by atoms with Crippen molar-refractivity contribution in [1.82, 2.24) is 20.2 Å². The molecular formula is C25H27ClN4O3S. The van der Waals surface area contributed by atoms with Crippen LogP contribution in [0.2, 0.25) is 5.02 Å². The summed E-state index contributed by atoms with van der Waals surface area (Å²) < 4.78 is 7.26. The molecule has 2 aliphatic heterocycles. The molecule has 1 aromatic carbocycles. The van der Waals surface area contributed by atoms with Crippen molar-refractivity contribution in [2.75, 3.05) is 13.1 Å². The minimum atomic E-state index is -0.224. The first kappa shape index (κ1) is 23.4. The Kier molecular flexibility index (Phi) is 6.18. The predicted molar refractivity (Wildman–Crippen MR) is 133 cm³/mol. The maximum atomic E-state index is 12.1. The lowest BCUT2D eigenvalue weighted by atomic mass is 9.93. The first-order valence-electron chi connectivity index (χ1n) is 11.4. The third-order valence-corrected chi connectivity index (χ3v) is 7.70. The summed E-state index contributed by atoms with van der Waals surface area (Å²) in [6.07, 6.45) is 2.90. The lowest BCUT2D eigenvalue weighted by molar-refractivity contribution is -0.138. The molecule has 2 aromatic heterocycles. The summed E-state index contributed by atoms with van der Waals surface area (Å²) in [7, 11) is 0. The van der Waals surface area contributed by atoms with Crippen molar-refractivity contribution in [2.24, 2.45) is 0 Å². The molecule has 2 aliphatic rings. The highest BCUT2D eigenvalue weighted by molar-refractivity contribution is 7.19. The smallest absolute Gasteiger partial charge is 0.230 e. The van der Waals surface area contributed by atoms with E-state index in [0.29, 0.717) is 5.02 Å². The molecule has 1 N–H and O–H groups in total. The van der Waals surface area contributed by atoms with Gasteiger partial charge in [0.25, 0.3) is 0 Å². The number of imide groups is 1. The number of ether oxygens (including phenoxy) is 1. The van der Waals surface area contributed by atoms with Gasteiger partial charge < -0.3 is 10.1 Å². The van der Waals surface area contributed by atoms with Crippen LogP contribution in [-0.4, -0.2) is 51.5 Å². The number of hydrogen-bond donors (Lipinski definition) is 1. The van der Waals surface area contributed by atoms with Crippen LogP contribution in [0.1, 0.15) is 42.7 Å². The molecule has 5 rings (SSSR count). The zero-order chi connectivity index (χ0) is 24.0. The van der Waals surface area contributed by atoms with E-state index < -0.39 is 0 Å². The fraction of sp³-hybridized carbons (Fsp3) is 0.440. The fourth-order valence-corrected chi connectivity index (χ4v) is 6.17. The highest BCUT2D eigenvalue weighted by Crippen LogP contribution is 2.38. The van der Waals surface area contributed by atoms with Crippen LogP contribution in [0.25, 0.3) is 21.5 Å². The number of nitrogens with one attached hydrogen (secondary N) is 1. The molecule has 34 heavy (non-hydrogen) atoms. The molecule has 1 atom stereocenters. The van der Waals surface area contributed by atoms with Crippen molar-refractivity contribution in [1.29, 1.82) is 0 Å². The Hall–Kier alpha value is -2.39. The van der Waals surface area contributed by atoms with Gasteiger partial charge in [-0.1, -0.05) is 11.6 Å². The number of thiophene rings is 1. The normalized spacial score (nSPS) is 20.5. The van der Waals surface area contributed by atoms with E-state index in [-0.39, 0.29) is 42.9 Å². The van der Waals surface area contributed by atoms with Crippen LogP contribution in [0.5, 0.6) is 0 Å². The molecular weight excluding hydrogens is 472 g/mol. The number of nitrogens with zero attached hydrogens (tertiary/aromatic N) is 3. The lowest BCUT2D eigenvalue weighted by Gasteiger charge is -2.37. The Labute approximate surface area is 207 Å². The maximum Gasteiger partial charge on any atom is 0.230 e. The fourth-order valence-electron chi connectivity index (χ4n) is 4.79. The molecule has 4 heterocycles. The minimum absolute atomic E-state index is 0.0331. The molecule has 0 aliphatic carbocycles. The number of aromatic nitrogens is 2. The van der Waals surface area contributed by atoms with E-state index >= 15 is 0 Å². The van der Waals surface area contributed by atoms with Crippen molar-refractivity contribution in [2.45, 2.75) is 58.3 Å². The zero-order valence-corrected chi connectivity index (χ0v) is 21.1. The Morgan fingerprint density at radius 1 is 1.21 bits per heavy atom. The van der Waals surface area contributed by atoms with Crippen LogP contribution >= 0.6 is 22.9 Å². The summed E-state index contributed by atoms with van der Waals surface area (Å²) in [5, 5.41) is 4.12. The van der Waals surface area contributed by atoms with E-state index in [2.05, 4.69) is 36.1 Å². The molecule has 7 nitrogen and oxygen atoms in total. The van der Waals surface area contributed by atoms with Crippen LogP contribution in [0, 0.1) is 6.92 Å². The van der Waals surface area contributed by atoms with Gasteiger partial charge in [-0.3, -0.25) is 14.5 Å². The van der Waals surface area contributed by atoms with Crippen LogP contribution < -0.4 is 5.32 Å². The third kappa shape index (κ3) is 4.60. The number of fused-ring (bicyclic) bond motifs is 1. The number of benzene rings is 1. The van der Waals surface area contributed by atoms with Gasteiger partial charge in [-0.15, -0.1) is 11.3 Å².